The van der Waals surface area contributed by atoms with Gasteiger partial charge in [-0.1, -0.05) is 0 Å². The summed E-state index contributed by atoms with van der Waals surface area (Å²) in [6, 6.07) is 7.47. The number of methoxy groups -OCH3 is 1. The Bertz CT molecular complexity index is 878. The number of halogens is 2. The first-order valence-corrected chi connectivity index (χ1v) is 6.66. The molecule has 0 spiro atoms. The highest BCUT2D eigenvalue weighted by molar-refractivity contribution is 7.71. The van der Waals surface area contributed by atoms with Gasteiger partial charge in [-0.2, -0.15) is 0 Å². The SMILES string of the molecule is COc1cc2c(cc1F)[nH]c(=S)n2-c1cc(C)cc(F)c1. The molecule has 3 rings (SSSR count). The van der Waals surface area contributed by atoms with Crippen LogP contribution in [0.15, 0.2) is 30.3 Å². The van der Waals surface area contributed by atoms with Gasteiger partial charge in [-0.15, -0.1) is 0 Å². The number of hydrogen-bond donors (Lipinski definition) is 1. The van der Waals surface area contributed by atoms with Crippen molar-refractivity contribution < 1.29 is 13.5 Å². The van der Waals surface area contributed by atoms with E-state index >= 15 is 0 Å². The van der Waals surface area contributed by atoms with Gasteiger partial charge in [0.2, 0.25) is 0 Å². The second-order valence-corrected chi connectivity index (χ2v) is 5.14. The smallest absolute Gasteiger partial charge is 0.182 e. The molecule has 0 radical (unpaired) electrons. The van der Waals surface area contributed by atoms with Crippen molar-refractivity contribution >= 4 is 23.3 Å². The minimum Gasteiger partial charge on any atom is -0.494 e. The molecule has 0 fully saturated rings. The van der Waals surface area contributed by atoms with Gasteiger partial charge in [0.25, 0.3) is 0 Å². The number of ether oxygens (including phenoxy) is 1. The standard InChI is InChI=1S/C15H12F2N2OS/c1-8-3-9(16)5-10(4-8)19-13-7-14(20-2)11(17)6-12(13)18-15(19)21/h3-7H,1-2H3,(H,18,21). The molecule has 0 amide bonds. The fourth-order valence-corrected chi connectivity index (χ4v) is 2.68. The molecule has 6 heteroatoms. The number of H-pyrrole nitrogens is 1. The fourth-order valence-electron chi connectivity index (χ4n) is 2.37. The van der Waals surface area contributed by atoms with Crippen LogP contribution in [-0.2, 0) is 0 Å². The van der Waals surface area contributed by atoms with Crippen molar-refractivity contribution in [3.8, 4) is 11.4 Å². The molecule has 21 heavy (non-hydrogen) atoms. The van der Waals surface area contributed by atoms with E-state index in [9.17, 15) is 8.78 Å². The number of rotatable bonds is 2. The van der Waals surface area contributed by atoms with Crippen LogP contribution >= 0.6 is 12.2 Å². The van der Waals surface area contributed by atoms with Crippen molar-refractivity contribution in [2.45, 2.75) is 6.92 Å². The van der Waals surface area contributed by atoms with Crippen LogP contribution < -0.4 is 4.74 Å². The van der Waals surface area contributed by atoms with Crippen molar-refractivity contribution in [1.82, 2.24) is 9.55 Å². The molecule has 1 aromatic heterocycles. The van der Waals surface area contributed by atoms with Gasteiger partial charge in [0.15, 0.2) is 16.3 Å². The molecule has 0 aliphatic rings. The second kappa shape index (κ2) is 4.96. The number of nitrogens with one attached hydrogen (secondary N) is 1. The molecule has 0 saturated carbocycles. The molecule has 108 valence electrons. The molecule has 3 aromatic rings. The lowest BCUT2D eigenvalue weighted by atomic mass is 10.2. The maximum absolute atomic E-state index is 13.7. The first-order chi connectivity index (χ1) is 9.99. The van der Waals surface area contributed by atoms with Crippen LogP contribution in [0.1, 0.15) is 5.56 Å². The zero-order valence-corrected chi connectivity index (χ0v) is 12.2. The van der Waals surface area contributed by atoms with Gasteiger partial charge < -0.3 is 9.72 Å². The van der Waals surface area contributed by atoms with Crippen molar-refractivity contribution in [1.29, 1.82) is 0 Å². The zero-order valence-electron chi connectivity index (χ0n) is 11.4. The Kier molecular flexibility index (Phi) is 3.25. The van der Waals surface area contributed by atoms with Crippen LogP contribution in [0.25, 0.3) is 16.7 Å². The molecule has 1 heterocycles. The molecule has 0 atom stereocenters. The third kappa shape index (κ3) is 2.31. The number of aromatic amines is 1. The van der Waals surface area contributed by atoms with E-state index in [4.69, 9.17) is 17.0 Å². The average Bonchev–Trinajstić information content (AvgIpc) is 2.71. The van der Waals surface area contributed by atoms with E-state index in [0.717, 1.165) is 5.56 Å². The Hall–Kier alpha value is -2.21. The van der Waals surface area contributed by atoms with Crippen LogP contribution in [0.4, 0.5) is 8.78 Å². The number of nitrogens with zero attached hydrogens (tertiary/aromatic N) is 1. The predicted octanol–water partition coefficient (Wildman–Crippen LogP) is 4.28. The monoisotopic (exact) mass is 306 g/mol. The molecular weight excluding hydrogens is 294 g/mol. The van der Waals surface area contributed by atoms with Crippen molar-refractivity contribution in [3.05, 3.63) is 52.3 Å². The van der Waals surface area contributed by atoms with Gasteiger partial charge in [0.05, 0.1) is 23.8 Å². The number of imidazole rings is 1. The van der Waals surface area contributed by atoms with Crippen LogP contribution in [0, 0.1) is 23.3 Å². The molecule has 3 nitrogen and oxygen atoms in total. The summed E-state index contributed by atoms with van der Waals surface area (Å²) in [6.45, 7) is 1.80. The number of hydrogen-bond acceptors (Lipinski definition) is 2. The highest BCUT2D eigenvalue weighted by atomic mass is 32.1. The summed E-state index contributed by atoms with van der Waals surface area (Å²) in [5.74, 6) is -0.725. The lowest BCUT2D eigenvalue weighted by Crippen LogP contribution is -1.97. The predicted molar refractivity (Wildman–Crippen MR) is 79.7 cm³/mol. The van der Waals surface area contributed by atoms with Gasteiger partial charge in [0.1, 0.15) is 5.82 Å². The Balaban J connectivity index is 2.36. The first-order valence-electron chi connectivity index (χ1n) is 6.25. The summed E-state index contributed by atoms with van der Waals surface area (Å²) >= 11 is 5.27. The summed E-state index contributed by atoms with van der Waals surface area (Å²) in [5, 5.41) is 0. The summed E-state index contributed by atoms with van der Waals surface area (Å²) < 4.78 is 34.4. The van der Waals surface area contributed by atoms with E-state index in [0.29, 0.717) is 21.5 Å². The molecule has 0 aliphatic heterocycles. The van der Waals surface area contributed by atoms with E-state index < -0.39 is 5.82 Å². The van der Waals surface area contributed by atoms with Crippen molar-refractivity contribution in [2.75, 3.05) is 7.11 Å². The van der Waals surface area contributed by atoms with Crippen LogP contribution in [0.3, 0.4) is 0 Å². The van der Waals surface area contributed by atoms with Crippen LogP contribution in [0.2, 0.25) is 0 Å². The van der Waals surface area contributed by atoms with Gasteiger partial charge in [-0.3, -0.25) is 4.57 Å². The minimum absolute atomic E-state index is 0.110. The van der Waals surface area contributed by atoms with E-state index in [1.54, 1.807) is 11.5 Å². The highest BCUT2D eigenvalue weighted by Gasteiger charge is 2.12. The number of benzene rings is 2. The summed E-state index contributed by atoms with van der Waals surface area (Å²) in [4.78, 5) is 2.92. The lowest BCUT2D eigenvalue weighted by Gasteiger charge is -2.08. The quantitative estimate of drug-likeness (QED) is 0.716. The Labute approximate surface area is 124 Å². The minimum atomic E-state index is -0.483. The van der Waals surface area contributed by atoms with Crippen LogP contribution in [0.5, 0.6) is 5.75 Å². The average molecular weight is 306 g/mol. The summed E-state index contributed by atoms with van der Waals surface area (Å²) in [6.07, 6.45) is 0. The van der Waals surface area contributed by atoms with Crippen molar-refractivity contribution in [2.24, 2.45) is 0 Å². The third-order valence-corrected chi connectivity index (χ3v) is 3.53. The van der Waals surface area contributed by atoms with E-state index in [-0.39, 0.29) is 11.6 Å². The Morgan fingerprint density at radius 3 is 2.57 bits per heavy atom. The maximum atomic E-state index is 13.7. The number of aromatic nitrogens is 2. The summed E-state index contributed by atoms with van der Waals surface area (Å²) in [7, 11) is 1.39. The second-order valence-electron chi connectivity index (χ2n) is 4.76. The molecule has 0 unspecified atom stereocenters. The zero-order chi connectivity index (χ0) is 15.1. The van der Waals surface area contributed by atoms with E-state index in [1.807, 2.05) is 6.07 Å². The number of fused-ring (bicyclic) bond motifs is 1. The maximum Gasteiger partial charge on any atom is 0.182 e. The number of aryl methyl sites for hydroxylation is 1. The Morgan fingerprint density at radius 2 is 1.90 bits per heavy atom. The van der Waals surface area contributed by atoms with E-state index in [1.165, 1.54) is 31.4 Å². The Morgan fingerprint density at radius 1 is 1.14 bits per heavy atom. The normalized spacial score (nSPS) is 11.0. The van der Waals surface area contributed by atoms with Gasteiger partial charge in [0, 0.05) is 12.1 Å². The largest absolute Gasteiger partial charge is 0.494 e. The molecule has 0 bridgehead atoms. The van der Waals surface area contributed by atoms with Crippen molar-refractivity contribution in [3.63, 3.8) is 0 Å². The molecular formula is C15H12F2N2OS. The highest BCUT2D eigenvalue weighted by Crippen LogP contribution is 2.27. The molecule has 0 aliphatic carbocycles. The van der Waals surface area contributed by atoms with Gasteiger partial charge >= 0.3 is 0 Å². The third-order valence-electron chi connectivity index (χ3n) is 3.24. The van der Waals surface area contributed by atoms with Crippen LogP contribution in [-0.4, -0.2) is 16.7 Å². The topological polar surface area (TPSA) is 29.9 Å². The molecule has 0 saturated heterocycles. The van der Waals surface area contributed by atoms with E-state index in [2.05, 4.69) is 4.98 Å². The fraction of sp³-hybridized carbons (Fsp3) is 0.133. The van der Waals surface area contributed by atoms with Gasteiger partial charge in [-0.05, 0) is 42.9 Å². The van der Waals surface area contributed by atoms with Gasteiger partial charge in [-0.25, -0.2) is 8.78 Å². The summed E-state index contributed by atoms with van der Waals surface area (Å²) in [5.41, 5.74) is 2.51. The molecule has 2 aromatic carbocycles. The lowest BCUT2D eigenvalue weighted by molar-refractivity contribution is 0.387. The first kappa shape index (κ1) is 13.8. The molecule has 1 N–H and O–H groups in total.